The van der Waals surface area contributed by atoms with Gasteiger partial charge >= 0.3 is 0 Å². The lowest BCUT2D eigenvalue weighted by Gasteiger charge is -2.28. The molecule has 0 spiro atoms. The van der Waals surface area contributed by atoms with Gasteiger partial charge in [0, 0.05) is 6.61 Å². The Balaban J connectivity index is 4.56. The van der Waals surface area contributed by atoms with E-state index in [0.29, 0.717) is 6.42 Å². The highest BCUT2D eigenvalue weighted by atomic mass is 32.2. The van der Waals surface area contributed by atoms with Gasteiger partial charge in [-0.15, -0.1) is 0 Å². The first-order valence-corrected chi connectivity index (χ1v) is 7.56. The number of aliphatic hydroxyl groups excluding tert-OH is 1. The van der Waals surface area contributed by atoms with E-state index in [9.17, 15) is 13.5 Å². The van der Waals surface area contributed by atoms with E-state index in [1.165, 1.54) is 0 Å². The minimum atomic E-state index is -3.07. The number of rotatable bonds is 6. The van der Waals surface area contributed by atoms with Gasteiger partial charge in [-0.3, -0.25) is 0 Å². The molecule has 0 aliphatic rings. The van der Waals surface area contributed by atoms with Gasteiger partial charge in [0.2, 0.25) is 0 Å². The van der Waals surface area contributed by atoms with Crippen LogP contribution >= 0.6 is 0 Å². The summed E-state index contributed by atoms with van der Waals surface area (Å²) in [5.74, 6) is 0.160. The molecule has 0 aliphatic carbocycles. The molecule has 0 aromatic heterocycles. The highest BCUT2D eigenvalue weighted by molar-refractivity contribution is 7.92. The fraction of sp³-hybridized carbons (Fsp3) is 1.00. The molecule has 98 valence electrons. The molecule has 0 radical (unpaired) electrons. The van der Waals surface area contributed by atoms with E-state index in [-0.39, 0.29) is 17.8 Å². The second-order valence-electron chi connectivity index (χ2n) is 5.90. The summed E-state index contributed by atoms with van der Waals surface area (Å²) in [6, 6.07) is 0. The summed E-state index contributed by atoms with van der Waals surface area (Å²) in [5.41, 5.74) is -0.257. The smallest absolute Gasteiger partial charge is 0.155 e. The Hall–Kier alpha value is -0.0900. The number of aliphatic hydroxyl groups is 1. The summed E-state index contributed by atoms with van der Waals surface area (Å²) >= 11 is 0. The Morgan fingerprint density at radius 1 is 1.06 bits per heavy atom. The molecule has 0 aliphatic heterocycles. The van der Waals surface area contributed by atoms with Gasteiger partial charge in [0.15, 0.2) is 9.84 Å². The van der Waals surface area contributed by atoms with Gasteiger partial charge in [-0.1, -0.05) is 20.3 Å². The molecule has 0 bridgehead atoms. The molecule has 0 amide bonds. The van der Waals surface area contributed by atoms with Crippen LogP contribution in [-0.4, -0.2) is 30.6 Å². The van der Waals surface area contributed by atoms with Crippen LogP contribution in [0.25, 0.3) is 0 Å². The van der Waals surface area contributed by atoms with Gasteiger partial charge in [0.1, 0.15) is 0 Å². The van der Waals surface area contributed by atoms with Crippen molar-refractivity contribution in [2.75, 3.05) is 12.4 Å². The van der Waals surface area contributed by atoms with Crippen LogP contribution in [0, 0.1) is 5.41 Å². The molecular formula is C12H26O3S. The molecule has 1 unspecified atom stereocenters. The maximum absolute atomic E-state index is 11.9. The van der Waals surface area contributed by atoms with Gasteiger partial charge < -0.3 is 5.11 Å². The lowest BCUT2D eigenvalue weighted by molar-refractivity contribution is 0.128. The fourth-order valence-electron chi connectivity index (χ4n) is 1.57. The molecule has 0 saturated carbocycles. The minimum absolute atomic E-state index is 0.0561. The molecule has 0 fully saturated rings. The van der Waals surface area contributed by atoms with Crippen LogP contribution in [0.4, 0.5) is 0 Å². The fourth-order valence-corrected chi connectivity index (χ4v) is 2.95. The Morgan fingerprint density at radius 2 is 1.56 bits per heavy atom. The van der Waals surface area contributed by atoms with Crippen molar-refractivity contribution in [2.24, 2.45) is 5.41 Å². The predicted octanol–water partition coefficient (Wildman–Crippen LogP) is 2.39. The zero-order valence-corrected chi connectivity index (χ0v) is 12.0. The lowest BCUT2D eigenvalue weighted by Crippen LogP contribution is -2.33. The van der Waals surface area contributed by atoms with E-state index in [1.54, 1.807) is 20.8 Å². The van der Waals surface area contributed by atoms with Gasteiger partial charge in [-0.25, -0.2) is 8.42 Å². The van der Waals surface area contributed by atoms with E-state index in [1.807, 2.05) is 13.8 Å². The van der Waals surface area contributed by atoms with Crippen LogP contribution in [0.1, 0.15) is 53.9 Å². The predicted molar refractivity (Wildman–Crippen MR) is 68.3 cm³/mol. The van der Waals surface area contributed by atoms with Crippen LogP contribution in [0.15, 0.2) is 0 Å². The van der Waals surface area contributed by atoms with Crippen molar-refractivity contribution in [3.8, 4) is 0 Å². The Bertz CT molecular complexity index is 301. The average Bonchev–Trinajstić information content (AvgIpc) is 2.14. The lowest BCUT2D eigenvalue weighted by atomic mass is 9.84. The normalized spacial score (nSPS) is 17.1. The number of sulfone groups is 1. The topological polar surface area (TPSA) is 54.4 Å². The summed E-state index contributed by atoms with van der Waals surface area (Å²) in [6.07, 6.45) is 2.37. The Kier molecular flexibility index (Phi) is 5.47. The van der Waals surface area contributed by atoms with E-state index < -0.39 is 14.6 Å². The van der Waals surface area contributed by atoms with Gasteiger partial charge in [0.25, 0.3) is 0 Å². The zero-order chi connectivity index (χ0) is 13.0. The molecule has 0 rings (SSSR count). The maximum Gasteiger partial charge on any atom is 0.155 e. The third-order valence-corrected chi connectivity index (χ3v) is 5.75. The monoisotopic (exact) mass is 250 g/mol. The average molecular weight is 250 g/mol. The van der Waals surface area contributed by atoms with Gasteiger partial charge in [-0.2, -0.15) is 0 Å². The highest BCUT2D eigenvalue weighted by Crippen LogP contribution is 2.29. The Morgan fingerprint density at radius 3 is 1.88 bits per heavy atom. The van der Waals surface area contributed by atoms with Gasteiger partial charge in [-0.05, 0) is 39.0 Å². The van der Waals surface area contributed by atoms with Crippen LogP contribution in [0.5, 0.6) is 0 Å². The SMILES string of the molecule is CCCC(C)(CO)CCS(=O)(=O)C(C)(C)C. The molecule has 16 heavy (non-hydrogen) atoms. The van der Waals surface area contributed by atoms with E-state index >= 15 is 0 Å². The van der Waals surface area contributed by atoms with Crippen molar-refractivity contribution in [3.05, 3.63) is 0 Å². The second-order valence-corrected chi connectivity index (χ2v) is 8.76. The van der Waals surface area contributed by atoms with Crippen LogP contribution in [-0.2, 0) is 9.84 Å². The first kappa shape index (κ1) is 15.9. The van der Waals surface area contributed by atoms with E-state index in [2.05, 4.69) is 0 Å². The van der Waals surface area contributed by atoms with Gasteiger partial charge in [0.05, 0.1) is 10.5 Å². The summed E-state index contributed by atoms with van der Waals surface area (Å²) in [5, 5.41) is 9.32. The molecular weight excluding hydrogens is 224 g/mol. The third kappa shape index (κ3) is 4.42. The zero-order valence-electron chi connectivity index (χ0n) is 11.2. The number of hydrogen-bond acceptors (Lipinski definition) is 3. The summed E-state index contributed by atoms with van der Waals surface area (Å²) in [6.45, 7) is 9.22. The first-order valence-electron chi connectivity index (χ1n) is 5.91. The molecule has 0 aromatic rings. The van der Waals surface area contributed by atoms with Crippen molar-refractivity contribution in [3.63, 3.8) is 0 Å². The van der Waals surface area contributed by atoms with E-state index in [4.69, 9.17) is 0 Å². The van der Waals surface area contributed by atoms with E-state index in [0.717, 1.165) is 12.8 Å². The Labute approximate surface area is 100 Å². The second kappa shape index (κ2) is 5.50. The van der Waals surface area contributed by atoms with Crippen LogP contribution < -0.4 is 0 Å². The van der Waals surface area contributed by atoms with Crippen molar-refractivity contribution in [1.29, 1.82) is 0 Å². The van der Waals surface area contributed by atoms with Crippen LogP contribution in [0.2, 0.25) is 0 Å². The molecule has 0 aromatic carbocycles. The molecule has 1 N–H and O–H groups in total. The summed E-state index contributed by atoms with van der Waals surface area (Å²) in [7, 11) is -3.07. The third-order valence-electron chi connectivity index (χ3n) is 3.14. The molecule has 0 heterocycles. The quantitative estimate of drug-likeness (QED) is 0.787. The standard InChI is InChI=1S/C12H26O3S/c1-6-7-12(5,10-13)8-9-16(14,15)11(2,3)4/h13H,6-10H2,1-5H3. The largest absolute Gasteiger partial charge is 0.396 e. The van der Waals surface area contributed by atoms with Crippen molar-refractivity contribution in [2.45, 2.75) is 58.6 Å². The first-order chi connectivity index (χ1) is 7.08. The molecule has 1 atom stereocenters. The summed E-state index contributed by atoms with van der Waals surface area (Å²) < 4.78 is 23.2. The molecule has 3 nitrogen and oxygen atoms in total. The highest BCUT2D eigenvalue weighted by Gasteiger charge is 2.32. The summed E-state index contributed by atoms with van der Waals surface area (Å²) in [4.78, 5) is 0. The maximum atomic E-state index is 11.9. The number of hydrogen-bond donors (Lipinski definition) is 1. The minimum Gasteiger partial charge on any atom is -0.396 e. The van der Waals surface area contributed by atoms with Crippen LogP contribution in [0.3, 0.4) is 0 Å². The molecule has 4 heteroatoms. The van der Waals surface area contributed by atoms with Crippen molar-refractivity contribution < 1.29 is 13.5 Å². The van der Waals surface area contributed by atoms with Crippen molar-refractivity contribution in [1.82, 2.24) is 0 Å². The molecule has 0 saturated heterocycles. The van der Waals surface area contributed by atoms with Crippen molar-refractivity contribution >= 4 is 9.84 Å².